The number of likely N-dealkylation sites (tertiary alicyclic amines) is 1. The Labute approximate surface area is 139 Å². The van der Waals surface area contributed by atoms with Crippen molar-refractivity contribution in [3.63, 3.8) is 0 Å². The van der Waals surface area contributed by atoms with E-state index in [9.17, 15) is 4.79 Å². The molecule has 0 spiro atoms. The van der Waals surface area contributed by atoms with Gasteiger partial charge in [0.1, 0.15) is 0 Å². The number of rotatable bonds is 7. The molecule has 2 aliphatic rings. The maximum absolute atomic E-state index is 12.0. The summed E-state index contributed by atoms with van der Waals surface area (Å²) in [6.07, 6.45) is 4.74. The van der Waals surface area contributed by atoms with Crippen LogP contribution in [0.2, 0.25) is 0 Å². The third-order valence-electron chi connectivity index (χ3n) is 5.02. The van der Waals surface area contributed by atoms with Gasteiger partial charge in [-0.15, -0.1) is 0 Å². The van der Waals surface area contributed by atoms with Crippen LogP contribution in [-0.4, -0.2) is 42.5 Å². The van der Waals surface area contributed by atoms with E-state index >= 15 is 0 Å². The summed E-state index contributed by atoms with van der Waals surface area (Å²) < 4.78 is 0. The highest BCUT2D eigenvalue weighted by Crippen LogP contribution is 2.27. The Bertz CT molecular complexity index is 501. The molecule has 2 N–H and O–H groups in total. The number of nitrogens with zero attached hydrogens (tertiary/aromatic N) is 1. The first-order valence-corrected chi connectivity index (χ1v) is 8.99. The summed E-state index contributed by atoms with van der Waals surface area (Å²) in [4.78, 5) is 14.5. The number of carbonyl (C=O) groups is 1. The number of piperidine rings is 1. The average Bonchev–Trinajstić information content (AvgIpc) is 3.35. The van der Waals surface area contributed by atoms with E-state index in [4.69, 9.17) is 0 Å². The summed E-state index contributed by atoms with van der Waals surface area (Å²) >= 11 is 0. The van der Waals surface area contributed by atoms with Gasteiger partial charge >= 0.3 is 0 Å². The van der Waals surface area contributed by atoms with Crippen LogP contribution in [0.4, 0.5) is 0 Å². The van der Waals surface area contributed by atoms with Gasteiger partial charge in [0.25, 0.3) is 0 Å². The van der Waals surface area contributed by atoms with Gasteiger partial charge in [-0.1, -0.05) is 30.3 Å². The highest BCUT2D eigenvalue weighted by atomic mass is 16.1. The van der Waals surface area contributed by atoms with Crippen molar-refractivity contribution in [2.75, 3.05) is 19.6 Å². The SMILES string of the molecule is CC1CC(NC(=O)CNCC2CC2)CCN1Cc1ccccc1. The number of hydrogen-bond donors (Lipinski definition) is 2. The molecular weight excluding hydrogens is 286 g/mol. The van der Waals surface area contributed by atoms with E-state index < -0.39 is 0 Å². The molecule has 1 saturated heterocycles. The lowest BCUT2D eigenvalue weighted by molar-refractivity contribution is -0.121. The second kappa shape index (κ2) is 7.93. The molecule has 4 heteroatoms. The van der Waals surface area contributed by atoms with Crippen LogP contribution in [0.1, 0.15) is 38.2 Å². The van der Waals surface area contributed by atoms with Gasteiger partial charge in [-0.25, -0.2) is 0 Å². The molecule has 1 amide bonds. The molecular formula is C19H29N3O. The fourth-order valence-corrected chi connectivity index (χ4v) is 3.40. The standard InChI is InChI=1S/C19H29N3O/c1-15-11-18(21-19(23)13-20-12-16-7-8-16)9-10-22(15)14-17-5-3-2-4-6-17/h2-6,15-16,18,20H,7-14H2,1H3,(H,21,23). The van der Waals surface area contributed by atoms with Crippen LogP contribution < -0.4 is 10.6 Å². The molecule has 1 aromatic rings. The van der Waals surface area contributed by atoms with Crippen LogP contribution >= 0.6 is 0 Å². The molecule has 2 fully saturated rings. The van der Waals surface area contributed by atoms with Crippen molar-refractivity contribution in [1.29, 1.82) is 0 Å². The third-order valence-corrected chi connectivity index (χ3v) is 5.02. The first-order valence-electron chi connectivity index (χ1n) is 8.99. The molecule has 1 heterocycles. The number of hydrogen-bond acceptors (Lipinski definition) is 3. The molecule has 1 aromatic carbocycles. The van der Waals surface area contributed by atoms with Gasteiger partial charge in [-0.2, -0.15) is 0 Å². The van der Waals surface area contributed by atoms with Crippen LogP contribution in [0.25, 0.3) is 0 Å². The molecule has 0 aromatic heterocycles. The quantitative estimate of drug-likeness (QED) is 0.810. The van der Waals surface area contributed by atoms with Crippen LogP contribution in [0, 0.1) is 5.92 Å². The van der Waals surface area contributed by atoms with Gasteiger partial charge in [0, 0.05) is 25.2 Å². The maximum atomic E-state index is 12.0. The van der Waals surface area contributed by atoms with E-state index in [-0.39, 0.29) is 5.91 Å². The van der Waals surface area contributed by atoms with E-state index in [0.29, 0.717) is 18.6 Å². The summed E-state index contributed by atoms with van der Waals surface area (Å²) in [6.45, 7) is 5.79. The van der Waals surface area contributed by atoms with E-state index in [1.54, 1.807) is 0 Å². The maximum Gasteiger partial charge on any atom is 0.234 e. The normalized spacial score (nSPS) is 25.3. The van der Waals surface area contributed by atoms with Crippen LogP contribution in [0.15, 0.2) is 30.3 Å². The summed E-state index contributed by atoms with van der Waals surface area (Å²) in [5.41, 5.74) is 1.37. The van der Waals surface area contributed by atoms with Crippen molar-refractivity contribution in [2.24, 2.45) is 5.92 Å². The van der Waals surface area contributed by atoms with Crippen LogP contribution in [0.5, 0.6) is 0 Å². The Morgan fingerprint density at radius 3 is 2.70 bits per heavy atom. The lowest BCUT2D eigenvalue weighted by Gasteiger charge is -2.38. The summed E-state index contributed by atoms with van der Waals surface area (Å²) in [7, 11) is 0. The molecule has 1 saturated carbocycles. The molecule has 4 nitrogen and oxygen atoms in total. The van der Waals surface area contributed by atoms with Gasteiger partial charge in [0.15, 0.2) is 0 Å². The smallest absolute Gasteiger partial charge is 0.234 e. The minimum Gasteiger partial charge on any atom is -0.352 e. The van der Waals surface area contributed by atoms with Gasteiger partial charge < -0.3 is 10.6 Å². The lowest BCUT2D eigenvalue weighted by Crippen LogP contribution is -2.50. The molecule has 126 valence electrons. The minimum atomic E-state index is 0.152. The molecule has 2 unspecified atom stereocenters. The van der Waals surface area contributed by atoms with Crippen molar-refractivity contribution in [3.05, 3.63) is 35.9 Å². The molecule has 3 rings (SSSR count). The monoisotopic (exact) mass is 315 g/mol. The highest BCUT2D eigenvalue weighted by molar-refractivity contribution is 5.78. The summed E-state index contributed by atoms with van der Waals surface area (Å²) in [6, 6.07) is 11.5. The van der Waals surface area contributed by atoms with Crippen molar-refractivity contribution < 1.29 is 4.79 Å². The Balaban J connectivity index is 1.38. The molecule has 23 heavy (non-hydrogen) atoms. The van der Waals surface area contributed by atoms with Gasteiger partial charge in [-0.05, 0) is 50.6 Å². The van der Waals surface area contributed by atoms with Crippen LogP contribution in [-0.2, 0) is 11.3 Å². The first kappa shape index (κ1) is 16.5. The lowest BCUT2D eigenvalue weighted by atomic mass is 9.97. The third kappa shape index (κ3) is 5.33. The summed E-state index contributed by atoms with van der Waals surface area (Å²) in [5.74, 6) is 0.975. The number of nitrogens with one attached hydrogen (secondary N) is 2. The first-order chi connectivity index (χ1) is 11.2. The predicted octanol–water partition coefficient (Wildman–Crippen LogP) is 2.16. The molecule has 0 radical (unpaired) electrons. The number of carbonyl (C=O) groups excluding carboxylic acids is 1. The van der Waals surface area contributed by atoms with E-state index in [1.165, 1.54) is 18.4 Å². The van der Waals surface area contributed by atoms with Crippen molar-refractivity contribution in [3.8, 4) is 0 Å². The zero-order chi connectivity index (χ0) is 16.1. The predicted molar refractivity (Wildman–Crippen MR) is 93.1 cm³/mol. The average molecular weight is 315 g/mol. The fourth-order valence-electron chi connectivity index (χ4n) is 3.40. The minimum absolute atomic E-state index is 0.152. The van der Waals surface area contributed by atoms with E-state index in [2.05, 4.69) is 52.8 Å². The zero-order valence-electron chi connectivity index (χ0n) is 14.1. The highest BCUT2D eigenvalue weighted by Gasteiger charge is 2.26. The Morgan fingerprint density at radius 1 is 1.22 bits per heavy atom. The van der Waals surface area contributed by atoms with Gasteiger partial charge in [0.05, 0.1) is 6.54 Å². The second-order valence-electron chi connectivity index (χ2n) is 7.17. The Kier molecular flexibility index (Phi) is 5.68. The molecule has 1 aliphatic carbocycles. The Morgan fingerprint density at radius 2 is 2.00 bits per heavy atom. The molecule has 2 atom stereocenters. The number of amides is 1. The Hall–Kier alpha value is -1.39. The van der Waals surface area contributed by atoms with Crippen molar-refractivity contribution in [2.45, 2.75) is 51.2 Å². The molecule has 0 bridgehead atoms. The number of benzene rings is 1. The van der Waals surface area contributed by atoms with Gasteiger partial charge in [0.2, 0.25) is 5.91 Å². The van der Waals surface area contributed by atoms with Crippen molar-refractivity contribution >= 4 is 5.91 Å². The fraction of sp³-hybridized carbons (Fsp3) is 0.632. The van der Waals surface area contributed by atoms with Crippen molar-refractivity contribution in [1.82, 2.24) is 15.5 Å². The second-order valence-corrected chi connectivity index (χ2v) is 7.17. The zero-order valence-corrected chi connectivity index (χ0v) is 14.1. The molecule has 1 aliphatic heterocycles. The largest absolute Gasteiger partial charge is 0.352 e. The van der Waals surface area contributed by atoms with E-state index in [1.807, 2.05) is 0 Å². The topological polar surface area (TPSA) is 44.4 Å². The van der Waals surface area contributed by atoms with Crippen LogP contribution in [0.3, 0.4) is 0 Å². The van der Waals surface area contributed by atoms with Gasteiger partial charge in [-0.3, -0.25) is 9.69 Å². The van der Waals surface area contributed by atoms with E-state index in [0.717, 1.165) is 38.4 Å². The summed E-state index contributed by atoms with van der Waals surface area (Å²) in [5, 5.41) is 6.47.